The van der Waals surface area contributed by atoms with Crippen LogP contribution in [0.3, 0.4) is 0 Å². The van der Waals surface area contributed by atoms with Gasteiger partial charge in [-0.05, 0) is 24.5 Å². The summed E-state index contributed by atoms with van der Waals surface area (Å²) in [5.74, 6) is 0.203. The third-order valence-corrected chi connectivity index (χ3v) is 3.33. The molecule has 0 aliphatic rings. The van der Waals surface area contributed by atoms with Gasteiger partial charge in [-0.1, -0.05) is 27.2 Å². The molecule has 116 valence electrons. The Balaban J connectivity index is 2.88. The van der Waals surface area contributed by atoms with Crippen molar-refractivity contribution in [3.05, 3.63) is 33.9 Å². The summed E-state index contributed by atoms with van der Waals surface area (Å²) >= 11 is 0. The van der Waals surface area contributed by atoms with Crippen molar-refractivity contribution in [2.75, 3.05) is 18.4 Å². The van der Waals surface area contributed by atoms with Crippen LogP contribution in [0.5, 0.6) is 0 Å². The first-order valence-electron chi connectivity index (χ1n) is 7.30. The standard InChI is InChI=1S/C15H23N3O3/c1-4-8-16-13-9-12(6-7-14(13)18(20)21)15(19)17-10-11(3)5-2/h6-7,9,11,16H,4-5,8,10H2,1-3H3,(H,17,19). The van der Waals surface area contributed by atoms with Crippen molar-refractivity contribution in [2.45, 2.75) is 33.6 Å². The maximum atomic E-state index is 12.1. The van der Waals surface area contributed by atoms with Gasteiger partial charge in [0, 0.05) is 24.7 Å². The smallest absolute Gasteiger partial charge is 0.292 e. The molecule has 2 N–H and O–H groups in total. The molecule has 21 heavy (non-hydrogen) atoms. The number of nitrogens with zero attached hydrogens (tertiary/aromatic N) is 1. The molecule has 0 fully saturated rings. The Bertz CT molecular complexity index is 503. The monoisotopic (exact) mass is 293 g/mol. The fraction of sp³-hybridized carbons (Fsp3) is 0.533. The number of anilines is 1. The maximum absolute atomic E-state index is 12.1. The second-order valence-corrected chi connectivity index (χ2v) is 5.14. The summed E-state index contributed by atoms with van der Waals surface area (Å²) in [5.41, 5.74) is 0.808. The number of amides is 1. The Morgan fingerprint density at radius 3 is 2.67 bits per heavy atom. The molecule has 1 aromatic carbocycles. The van der Waals surface area contributed by atoms with Gasteiger partial charge >= 0.3 is 0 Å². The molecule has 1 atom stereocenters. The Morgan fingerprint density at radius 1 is 1.38 bits per heavy atom. The topological polar surface area (TPSA) is 84.3 Å². The molecular formula is C15H23N3O3. The molecule has 1 rings (SSSR count). The van der Waals surface area contributed by atoms with E-state index in [0.29, 0.717) is 30.3 Å². The van der Waals surface area contributed by atoms with E-state index < -0.39 is 4.92 Å². The van der Waals surface area contributed by atoms with E-state index in [0.717, 1.165) is 12.8 Å². The molecule has 1 unspecified atom stereocenters. The number of carbonyl (C=O) groups is 1. The minimum Gasteiger partial charge on any atom is -0.379 e. The molecule has 0 aliphatic heterocycles. The Hall–Kier alpha value is -2.11. The highest BCUT2D eigenvalue weighted by Crippen LogP contribution is 2.25. The summed E-state index contributed by atoms with van der Waals surface area (Å²) in [6, 6.07) is 4.40. The first-order valence-corrected chi connectivity index (χ1v) is 7.30. The summed E-state index contributed by atoms with van der Waals surface area (Å²) in [6.45, 7) is 7.32. The molecular weight excluding hydrogens is 270 g/mol. The van der Waals surface area contributed by atoms with Crippen molar-refractivity contribution in [3.8, 4) is 0 Å². The van der Waals surface area contributed by atoms with Crippen LogP contribution in [0, 0.1) is 16.0 Å². The van der Waals surface area contributed by atoms with Crippen LogP contribution in [0.1, 0.15) is 44.0 Å². The van der Waals surface area contributed by atoms with Crippen LogP contribution >= 0.6 is 0 Å². The van der Waals surface area contributed by atoms with Crippen LogP contribution in [-0.2, 0) is 0 Å². The molecule has 0 aliphatic carbocycles. The van der Waals surface area contributed by atoms with Gasteiger partial charge in [-0.3, -0.25) is 14.9 Å². The van der Waals surface area contributed by atoms with Crippen molar-refractivity contribution in [3.63, 3.8) is 0 Å². The molecule has 0 heterocycles. The van der Waals surface area contributed by atoms with Crippen LogP contribution in [-0.4, -0.2) is 23.9 Å². The fourth-order valence-electron chi connectivity index (χ4n) is 1.75. The number of hydrogen-bond acceptors (Lipinski definition) is 4. The van der Waals surface area contributed by atoms with Gasteiger partial charge in [0.25, 0.3) is 11.6 Å². The van der Waals surface area contributed by atoms with Gasteiger partial charge in [0.15, 0.2) is 0 Å². The molecule has 0 bridgehead atoms. The quantitative estimate of drug-likeness (QED) is 0.569. The van der Waals surface area contributed by atoms with Gasteiger partial charge in [0.05, 0.1) is 4.92 Å². The number of nitrogens with one attached hydrogen (secondary N) is 2. The SMILES string of the molecule is CCCNc1cc(C(=O)NCC(C)CC)ccc1[N+](=O)[O-]. The lowest BCUT2D eigenvalue weighted by atomic mass is 10.1. The van der Waals surface area contributed by atoms with Crippen molar-refractivity contribution < 1.29 is 9.72 Å². The van der Waals surface area contributed by atoms with E-state index in [9.17, 15) is 14.9 Å². The molecule has 0 spiro atoms. The van der Waals surface area contributed by atoms with E-state index in [2.05, 4.69) is 24.5 Å². The zero-order valence-electron chi connectivity index (χ0n) is 12.8. The first-order chi connectivity index (χ1) is 9.99. The highest BCUT2D eigenvalue weighted by atomic mass is 16.6. The summed E-state index contributed by atoms with van der Waals surface area (Å²) in [7, 11) is 0. The van der Waals surface area contributed by atoms with E-state index in [-0.39, 0.29) is 11.6 Å². The average molecular weight is 293 g/mol. The Labute approximate surface area is 125 Å². The van der Waals surface area contributed by atoms with E-state index in [1.807, 2.05) is 6.92 Å². The van der Waals surface area contributed by atoms with Crippen LogP contribution in [0.25, 0.3) is 0 Å². The van der Waals surface area contributed by atoms with Gasteiger partial charge in [-0.15, -0.1) is 0 Å². The van der Waals surface area contributed by atoms with Crippen LogP contribution in [0.2, 0.25) is 0 Å². The summed E-state index contributed by atoms with van der Waals surface area (Å²) in [6.07, 6.45) is 1.84. The first kappa shape index (κ1) is 16.9. The second-order valence-electron chi connectivity index (χ2n) is 5.14. The largest absolute Gasteiger partial charge is 0.379 e. The predicted molar refractivity (Wildman–Crippen MR) is 83.7 cm³/mol. The van der Waals surface area contributed by atoms with Crippen LogP contribution in [0.4, 0.5) is 11.4 Å². The van der Waals surface area contributed by atoms with E-state index in [4.69, 9.17) is 0 Å². The normalized spacial score (nSPS) is 11.8. The van der Waals surface area contributed by atoms with Crippen molar-refractivity contribution in [2.24, 2.45) is 5.92 Å². The lowest BCUT2D eigenvalue weighted by molar-refractivity contribution is -0.384. The van der Waals surface area contributed by atoms with Gasteiger partial charge < -0.3 is 10.6 Å². The van der Waals surface area contributed by atoms with Crippen molar-refractivity contribution in [1.29, 1.82) is 0 Å². The molecule has 0 aromatic heterocycles. The number of nitro benzene ring substituents is 1. The summed E-state index contributed by atoms with van der Waals surface area (Å²) < 4.78 is 0. The molecule has 0 radical (unpaired) electrons. The number of hydrogen-bond donors (Lipinski definition) is 2. The number of benzene rings is 1. The molecule has 0 saturated heterocycles. The van der Waals surface area contributed by atoms with Gasteiger partial charge in [-0.2, -0.15) is 0 Å². The lowest BCUT2D eigenvalue weighted by Crippen LogP contribution is -2.28. The minimum absolute atomic E-state index is 0.0121. The Kier molecular flexibility index (Phi) is 6.65. The molecule has 6 heteroatoms. The predicted octanol–water partition coefficient (Wildman–Crippen LogP) is 3.19. The van der Waals surface area contributed by atoms with Crippen molar-refractivity contribution >= 4 is 17.3 Å². The molecule has 1 aromatic rings. The number of carbonyl (C=O) groups excluding carboxylic acids is 1. The van der Waals surface area contributed by atoms with Crippen LogP contribution in [0.15, 0.2) is 18.2 Å². The zero-order valence-corrected chi connectivity index (χ0v) is 12.8. The zero-order chi connectivity index (χ0) is 15.8. The third-order valence-electron chi connectivity index (χ3n) is 3.33. The Morgan fingerprint density at radius 2 is 2.10 bits per heavy atom. The van der Waals surface area contributed by atoms with E-state index in [1.165, 1.54) is 12.1 Å². The fourth-order valence-corrected chi connectivity index (χ4v) is 1.75. The summed E-state index contributed by atoms with van der Waals surface area (Å²) in [5, 5.41) is 16.8. The molecule has 1 amide bonds. The second kappa shape index (κ2) is 8.24. The maximum Gasteiger partial charge on any atom is 0.292 e. The third kappa shape index (κ3) is 5.06. The van der Waals surface area contributed by atoms with Crippen LogP contribution < -0.4 is 10.6 Å². The number of nitro groups is 1. The van der Waals surface area contributed by atoms with Crippen molar-refractivity contribution in [1.82, 2.24) is 5.32 Å². The highest BCUT2D eigenvalue weighted by molar-refractivity contribution is 5.95. The number of rotatable bonds is 8. The summed E-state index contributed by atoms with van der Waals surface area (Å²) in [4.78, 5) is 22.6. The molecule has 0 saturated carbocycles. The lowest BCUT2D eigenvalue weighted by Gasteiger charge is -2.11. The minimum atomic E-state index is -0.446. The van der Waals surface area contributed by atoms with E-state index in [1.54, 1.807) is 6.07 Å². The van der Waals surface area contributed by atoms with Gasteiger partial charge in [0.2, 0.25) is 0 Å². The van der Waals surface area contributed by atoms with Gasteiger partial charge in [0.1, 0.15) is 5.69 Å². The average Bonchev–Trinajstić information content (AvgIpc) is 2.49. The highest BCUT2D eigenvalue weighted by Gasteiger charge is 2.16. The van der Waals surface area contributed by atoms with Gasteiger partial charge in [-0.25, -0.2) is 0 Å². The van der Waals surface area contributed by atoms with E-state index >= 15 is 0 Å². The molecule has 6 nitrogen and oxygen atoms in total.